The first-order valence-corrected chi connectivity index (χ1v) is 11.1. The summed E-state index contributed by atoms with van der Waals surface area (Å²) in [7, 11) is 0. The highest BCUT2D eigenvalue weighted by molar-refractivity contribution is 9.10. The number of hydrogen-bond acceptors (Lipinski definition) is 5. The van der Waals surface area contributed by atoms with Gasteiger partial charge in [-0.05, 0) is 21.5 Å². The molecule has 2 N–H and O–H groups in total. The molecule has 2 aromatic carbocycles. The number of halogens is 2. The fourth-order valence-electron chi connectivity index (χ4n) is 3.84. The normalized spacial score (nSPS) is 17.9. The van der Waals surface area contributed by atoms with E-state index in [0.717, 1.165) is 5.56 Å². The number of carboxylic acid groups (broad SMARTS) is 1. The van der Waals surface area contributed by atoms with Crippen LogP contribution < -0.4 is 15.0 Å². The van der Waals surface area contributed by atoms with E-state index in [-0.39, 0.29) is 19.6 Å². The van der Waals surface area contributed by atoms with E-state index in [1.54, 1.807) is 6.07 Å². The number of nitrogens with one attached hydrogen (secondary N) is 1. The van der Waals surface area contributed by atoms with Crippen LogP contribution in [-0.4, -0.2) is 61.0 Å². The monoisotopic (exact) mass is 507 g/mol. The summed E-state index contributed by atoms with van der Waals surface area (Å²) in [6.07, 6.45) is -1.27. The molecule has 4 rings (SSSR count). The summed E-state index contributed by atoms with van der Waals surface area (Å²) in [5.41, 5.74) is 1.88. The summed E-state index contributed by atoms with van der Waals surface area (Å²) < 4.78 is 26.5. The first-order chi connectivity index (χ1) is 15.4. The lowest BCUT2D eigenvalue weighted by molar-refractivity contribution is 0.128. The van der Waals surface area contributed by atoms with Crippen molar-refractivity contribution in [2.45, 2.75) is 19.1 Å². The maximum atomic E-state index is 15.2. The summed E-state index contributed by atoms with van der Waals surface area (Å²) in [5.74, 6) is -0.0145. The van der Waals surface area contributed by atoms with Crippen LogP contribution in [0.1, 0.15) is 11.1 Å². The van der Waals surface area contributed by atoms with E-state index in [9.17, 15) is 9.59 Å². The molecule has 2 amide bonds. The van der Waals surface area contributed by atoms with Gasteiger partial charge in [-0.1, -0.05) is 30.3 Å². The Morgan fingerprint density at radius 2 is 1.94 bits per heavy atom. The van der Waals surface area contributed by atoms with Crippen molar-refractivity contribution in [3.8, 4) is 5.75 Å². The van der Waals surface area contributed by atoms with E-state index in [4.69, 9.17) is 14.6 Å². The van der Waals surface area contributed by atoms with Crippen LogP contribution >= 0.6 is 15.9 Å². The average Bonchev–Trinajstić information content (AvgIpc) is 2.81. The largest absolute Gasteiger partial charge is 0.491 e. The SMILES string of the molecule is O=C(N[C@@H]1COc2cc(N3CCN(C(=O)O)CC3)c(Br)c(F)c2C1)OCc1ccccc1. The molecule has 0 spiro atoms. The highest BCUT2D eigenvalue weighted by Gasteiger charge is 2.30. The summed E-state index contributed by atoms with van der Waals surface area (Å²) in [6, 6.07) is 10.7. The van der Waals surface area contributed by atoms with Crippen LogP contribution in [0.5, 0.6) is 5.75 Å². The molecule has 0 radical (unpaired) electrons. The van der Waals surface area contributed by atoms with Gasteiger partial charge in [-0.15, -0.1) is 0 Å². The lowest BCUT2D eigenvalue weighted by Crippen LogP contribution is -2.48. The molecule has 0 bridgehead atoms. The second-order valence-corrected chi connectivity index (χ2v) is 8.47. The maximum Gasteiger partial charge on any atom is 0.407 e. The maximum absolute atomic E-state index is 15.2. The predicted octanol–water partition coefficient (Wildman–Crippen LogP) is 3.62. The van der Waals surface area contributed by atoms with Crippen LogP contribution in [0.2, 0.25) is 0 Å². The Bertz CT molecular complexity index is 999. The molecule has 1 saturated heterocycles. The molecular formula is C22H23BrFN3O5. The van der Waals surface area contributed by atoms with Crippen molar-refractivity contribution in [1.29, 1.82) is 0 Å². The topological polar surface area (TPSA) is 91.3 Å². The van der Waals surface area contributed by atoms with E-state index in [2.05, 4.69) is 21.2 Å². The van der Waals surface area contributed by atoms with E-state index in [0.29, 0.717) is 47.7 Å². The van der Waals surface area contributed by atoms with Gasteiger partial charge in [0, 0.05) is 44.2 Å². The molecule has 2 aliphatic heterocycles. The van der Waals surface area contributed by atoms with Gasteiger partial charge in [0.15, 0.2) is 0 Å². The molecule has 2 aromatic rings. The standard InChI is InChI=1S/C22H23BrFN3O5/c23-19-17(26-6-8-27(9-7-26)22(29)30)11-18-16(20(19)24)10-15(13-31-18)25-21(28)32-12-14-4-2-1-3-5-14/h1-5,11,15H,6-10,12-13H2,(H,25,28)(H,29,30)/t15-/m0/s1. The van der Waals surface area contributed by atoms with Crippen molar-refractivity contribution in [2.24, 2.45) is 0 Å². The molecular weight excluding hydrogens is 485 g/mol. The highest BCUT2D eigenvalue weighted by atomic mass is 79.9. The number of fused-ring (bicyclic) bond motifs is 1. The average molecular weight is 508 g/mol. The Kier molecular flexibility index (Phi) is 6.69. The number of rotatable bonds is 4. The number of carbonyl (C=O) groups excluding carboxylic acids is 1. The number of ether oxygens (including phenoxy) is 2. The number of nitrogens with zero attached hydrogens (tertiary/aromatic N) is 2. The van der Waals surface area contributed by atoms with Crippen LogP contribution in [0.15, 0.2) is 40.9 Å². The van der Waals surface area contributed by atoms with Gasteiger partial charge in [0.2, 0.25) is 0 Å². The van der Waals surface area contributed by atoms with Crippen LogP contribution in [0.4, 0.5) is 19.7 Å². The number of anilines is 1. The summed E-state index contributed by atoms with van der Waals surface area (Å²) in [6.45, 7) is 1.95. The van der Waals surface area contributed by atoms with Crippen molar-refractivity contribution < 1.29 is 28.6 Å². The Balaban J connectivity index is 1.39. The smallest absolute Gasteiger partial charge is 0.407 e. The predicted molar refractivity (Wildman–Crippen MR) is 119 cm³/mol. The molecule has 170 valence electrons. The van der Waals surface area contributed by atoms with E-state index >= 15 is 4.39 Å². The molecule has 2 heterocycles. The Labute approximate surface area is 193 Å². The quantitative estimate of drug-likeness (QED) is 0.656. The highest BCUT2D eigenvalue weighted by Crippen LogP contribution is 2.39. The zero-order valence-electron chi connectivity index (χ0n) is 17.2. The van der Waals surface area contributed by atoms with Gasteiger partial charge >= 0.3 is 12.2 Å². The zero-order chi connectivity index (χ0) is 22.7. The molecule has 0 aromatic heterocycles. The van der Waals surface area contributed by atoms with E-state index < -0.39 is 24.0 Å². The van der Waals surface area contributed by atoms with Crippen LogP contribution in [0.3, 0.4) is 0 Å². The molecule has 8 nitrogen and oxygen atoms in total. The van der Waals surface area contributed by atoms with Crippen LogP contribution in [-0.2, 0) is 17.8 Å². The van der Waals surface area contributed by atoms with Crippen molar-refractivity contribution >= 4 is 33.8 Å². The lowest BCUT2D eigenvalue weighted by atomic mass is 10.0. The summed E-state index contributed by atoms with van der Waals surface area (Å²) >= 11 is 3.35. The lowest BCUT2D eigenvalue weighted by Gasteiger charge is -2.36. The van der Waals surface area contributed by atoms with Crippen molar-refractivity contribution in [3.63, 3.8) is 0 Å². The van der Waals surface area contributed by atoms with Gasteiger partial charge < -0.3 is 29.7 Å². The molecule has 0 unspecified atom stereocenters. The molecule has 1 fully saturated rings. The third-order valence-corrected chi connectivity index (χ3v) is 6.32. The molecule has 32 heavy (non-hydrogen) atoms. The first kappa shape index (κ1) is 22.2. The second-order valence-electron chi connectivity index (χ2n) is 7.68. The molecule has 0 aliphatic carbocycles. The number of amides is 2. The van der Waals surface area contributed by atoms with Crippen molar-refractivity contribution in [2.75, 3.05) is 37.7 Å². The van der Waals surface area contributed by atoms with Gasteiger partial charge in [-0.3, -0.25) is 0 Å². The fraction of sp³-hybridized carbons (Fsp3) is 0.364. The number of hydrogen-bond donors (Lipinski definition) is 2. The van der Waals surface area contributed by atoms with Gasteiger partial charge in [-0.2, -0.15) is 0 Å². The van der Waals surface area contributed by atoms with Crippen LogP contribution in [0.25, 0.3) is 0 Å². The van der Waals surface area contributed by atoms with E-state index in [1.807, 2.05) is 35.2 Å². The van der Waals surface area contributed by atoms with Gasteiger partial charge in [-0.25, -0.2) is 14.0 Å². The first-order valence-electron chi connectivity index (χ1n) is 10.3. The molecule has 1 atom stereocenters. The minimum atomic E-state index is -0.954. The second kappa shape index (κ2) is 9.64. The number of alkyl carbamates (subject to hydrolysis) is 1. The molecule has 10 heteroatoms. The Morgan fingerprint density at radius 3 is 2.62 bits per heavy atom. The van der Waals surface area contributed by atoms with Crippen LogP contribution in [0, 0.1) is 5.82 Å². The summed E-state index contributed by atoms with van der Waals surface area (Å²) in [5, 5.41) is 11.8. The minimum absolute atomic E-state index is 0.148. The number of benzene rings is 2. The molecule has 0 saturated carbocycles. The number of piperazine rings is 1. The Morgan fingerprint density at radius 1 is 1.22 bits per heavy atom. The fourth-order valence-corrected chi connectivity index (χ4v) is 4.44. The van der Waals surface area contributed by atoms with E-state index in [1.165, 1.54) is 4.90 Å². The molecule has 2 aliphatic rings. The van der Waals surface area contributed by atoms with Gasteiger partial charge in [0.1, 0.15) is 24.8 Å². The third-order valence-electron chi connectivity index (χ3n) is 5.56. The van der Waals surface area contributed by atoms with Crippen molar-refractivity contribution in [1.82, 2.24) is 10.2 Å². The number of carbonyl (C=O) groups is 2. The minimum Gasteiger partial charge on any atom is -0.491 e. The van der Waals surface area contributed by atoms with Gasteiger partial charge in [0.25, 0.3) is 0 Å². The van der Waals surface area contributed by atoms with Gasteiger partial charge in [0.05, 0.1) is 16.2 Å². The van der Waals surface area contributed by atoms with Crippen molar-refractivity contribution in [3.05, 3.63) is 57.8 Å². The zero-order valence-corrected chi connectivity index (χ0v) is 18.8. The Hall–Kier alpha value is -3.01. The summed E-state index contributed by atoms with van der Waals surface area (Å²) in [4.78, 5) is 26.5. The third kappa shape index (κ3) is 4.90.